The maximum Gasteiger partial charge on any atom is 0.238 e. The van der Waals surface area contributed by atoms with Crippen LogP contribution in [0, 0.1) is 4.77 Å². The lowest BCUT2D eigenvalue weighted by atomic mass is 10.2. The molecule has 0 saturated heterocycles. The second-order valence-corrected chi connectivity index (χ2v) is 7.23. The molecule has 3 rings (SSSR count). The summed E-state index contributed by atoms with van der Waals surface area (Å²) in [5.74, 6) is 0.710. The molecular weight excluding hydrogens is 394 g/mol. The molecule has 0 atom stereocenters. The highest BCUT2D eigenvalue weighted by molar-refractivity contribution is 7.71. The van der Waals surface area contributed by atoms with Crippen molar-refractivity contribution in [2.75, 3.05) is 18.9 Å². The number of hydrogen-bond acceptors (Lipinski definition) is 4. The highest BCUT2D eigenvalue weighted by Crippen LogP contribution is 2.18. The molecule has 0 saturated carbocycles. The molecule has 0 bridgehead atoms. The number of halogens is 1. The highest BCUT2D eigenvalue weighted by atomic mass is 35.5. The zero-order chi connectivity index (χ0) is 20.1. The minimum Gasteiger partial charge on any atom is -0.325 e. The predicted octanol–water partition coefficient (Wildman–Crippen LogP) is 4.28. The van der Waals surface area contributed by atoms with Gasteiger partial charge in [0.1, 0.15) is 0 Å². The van der Waals surface area contributed by atoms with E-state index < -0.39 is 0 Å². The molecular formula is C20H22ClN5OS. The van der Waals surface area contributed by atoms with Gasteiger partial charge < -0.3 is 9.88 Å². The van der Waals surface area contributed by atoms with E-state index in [4.69, 9.17) is 23.8 Å². The van der Waals surface area contributed by atoms with Gasteiger partial charge in [0, 0.05) is 22.8 Å². The Morgan fingerprint density at radius 3 is 2.50 bits per heavy atom. The van der Waals surface area contributed by atoms with E-state index in [0.29, 0.717) is 22.1 Å². The summed E-state index contributed by atoms with van der Waals surface area (Å²) in [4.78, 5) is 14.1. The van der Waals surface area contributed by atoms with Crippen LogP contribution in [0.5, 0.6) is 0 Å². The van der Waals surface area contributed by atoms with Crippen LogP contribution < -0.4 is 5.32 Å². The standard InChI is InChI=1S/C20H22ClN5OS/c1-3-25-19(15-7-5-4-6-8-15)23-26(20(25)28)14-24(2)13-18(27)22-17-11-9-16(21)10-12-17/h4-12H,3,13-14H2,1-2H3,(H,22,27). The third-order valence-electron chi connectivity index (χ3n) is 4.19. The predicted molar refractivity (Wildman–Crippen MR) is 115 cm³/mol. The number of carbonyl (C=O) groups is 1. The molecule has 0 radical (unpaired) electrons. The van der Waals surface area contributed by atoms with Crippen molar-refractivity contribution in [3.05, 3.63) is 64.4 Å². The Morgan fingerprint density at radius 1 is 1.18 bits per heavy atom. The first-order valence-electron chi connectivity index (χ1n) is 8.95. The minimum absolute atomic E-state index is 0.116. The van der Waals surface area contributed by atoms with Crippen molar-refractivity contribution in [3.63, 3.8) is 0 Å². The largest absolute Gasteiger partial charge is 0.325 e. The molecule has 1 N–H and O–H groups in total. The van der Waals surface area contributed by atoms with Gasteiger partial charge in [-0.1, -0.05) is 41.9 Å². The van der Waals surface area contributed by atoms with Crippen molar-refractivity contribution in [2.45, 2.75) is 20.1 Å². The Hall–Kier alpha value is -2.48. The monoisotopic (exact) mass is 415 g/mol. The van der Waals surface area contributed by atoms with Crippen molar-refractivity contribution in [1.82, 2.24) is 19.2 Å². The van der Waals surface area contributed by atoms with Crippen molar-refractivity contribution < 1.29 is 4.79 Å². The van der Waals surface area contributed by atoms with E-state index in [1.807, 2.05) is 53.8 Å². The summed E-state index contributed by atoms with van der Waals surface area (Å²) in [6.07, 6.45) is 0. The molecule has 0 aliphatic rings. The molecule has 0 spiro atoms. The lowest BCUT2D eigenvalue weighted by Crippen LogP contribution is -2.32. The normalized spacial score (nSPS) is 11.0. The molecule has 6 nitrogen and oxygen atoms in total. The molecule has 0 aliphatic heterocycles. The number of likely N-dealkylation sites (N-methyl/N-ethyl adjacent to an activating group) is 1. The van der Waals surface area contributed by atoms with Gasteiger partial charge in [0.25, 0.3) is 0 Å². The zero-order valence-corrected chi connectivity index (χ0v) is 17.4. The zero-order valence-electron chi connectivity index (χ0n) is 15.8. The quantitative estimate of drug-likeness (QED) is 0.585. The number of benzene rings is 2. The third-order valence-corrected chi connectivity index (χ3v) is 4.87. The average Bonchev–Trinajstić information content (AvgIpc) is 2.99. The van der Waals surface area contributed by atoms with E-state index >= 15 is 0 Å². The molecule has 0 unspecified atom stereocenters. The summed E-state index contributed by atoms with van der Waals surface area (Å²) in [5.41, 5.74) is 1.72. The fourth-order valence-corrected chi connectivity index (χ4v) is 3.32. The molecule has 28 heavy (non-hydrogen) atoms. The van der Waals surface area contributed by atoms with E-state index in [2.05, 4.69) is 10.4 Å². The van der Waals surface area contributed by atoms with Crippen LogP contribution in [-0.2, 0) is 18.0 Å². The first kappa shape index (κ1) is 20.3. The smallest absolute Gasteiger partial charge is 0.238 e. The summed E-state index contributed by atoms with van der Waals surface area (Å²) in [7, 11) is 1.86. The lowest BCUT2D eigenvalue weighted by molar-refractivity contribution is -0.117. The Labute approximate surface area is 174 Å². The van der Waals surface area contributed by atoms with Gasteiger partial charge in [-0.25, -0.2) is 4.68 Å². The second kappa shape index (κ2) is 9.14. The molecule has 1 heterocycles. The lowest BCUT2D eigenvalue weighted by Gasteiger charge is -2.16. The SMILES string of the molecule is CCn1c(-c2ccccc2)nn(CN(C)CC(=O)Nc2ccc(Cl)cc2)c1=S. The molecule has 1 amide bonds. The number of aromatic nitrogens is 3. The molecule has 146 valence electrons. The van der Waals surface area contributed by atoms with E-state index in [0.717, 1.165) is 17.9 Å². The van der Waals surface area contributed by atoms with Gasteiger partial charge in [-0.15, -0.1) is 0 Å². The van der Waals surface area contributed by atoms with Gasteiger partial charge in [-0.3, -0.25) is 9.69 Å². The number of nitrogens with zero attached hydrogens (tertiary/aromatic N) is 4. The van der Waals surface area contributed by atoms with Gasteiger partial charge in [0.2, 0.25) is 5.91 Å². The van der Waals surface area contributed by atoms with E-state index in [1.54, 1.807) is 28.9 Å². The molecule has 0 aliphatic carbocycles. The Morgan fingerprint density at radius 2 is 1.86 bits per heavy atom. The Balaban J connectivity index is 1.69. The molecule has 0 fully saturated rings. The first-order valence-corrected chi connectivity index (χ1v) is 9.73. The number of hydrogen-bond donors (Lipinski definition) is 1. The molecule has 2 aromatic carbocycles. The van der Waals surface area contributed by atoms with Crippen LogP contribution in [0.4, 0.5) is 5.69 Å². The van der Waals surface area contributed by atoms with Gasteiger partial charge in [0.15, 0.2) is 10.6 Å². The van der Waals surface area contributed by atoms with Gasteiger partial charge in [-0.2, -0.15) is 5.10 Å². The van der Waals surface area contributed by atoms with E-state index in [9.17, 15) is 4.79 Å². The van der Waals surface area contributed by atoms with Crippen LogP contribution in [0.2, 0.25) is 5.02 Å². The topological polar surface area (TPSA) is 55.1 Å². The van der Waals surface area contributed by atoms with Gasteiger partial charge in [-0.05, 0) is 50.5 Å². The number of anilines is 1. The summed E-state index contributed by atoms with van der Waals surface area (Å²) < 4.78 is 4.37. The Kier molecular flexibility index (Phi) is 6.61. The molecule has 8 heteroatoms. The summed E-state index contributed by atoms with van der Waals surface area (Å²) in [5, 5.41) is 8.16. The van der Waals surface area contributed by atoms with Crippen molar-refractivity contribution in [2.24, 2.45) is 0 Å². The number of amides is 1. The van der Waals surface area contributed by atoms with Crippen LogP contribution in [0.3, 0.4) is 0 Å². The van der Waals surface area contributed by atoms with Crippen LogP contribution in [0.15, 0.2) is 54.6 Å². The Bertz CT molecular complexity index is 998. The van der Waals surface area contributed by atoms with Gasteiger partial charge in [0.05, 0.1) is 13.2 Å². The number of rotatable bonds is 7. The molecule has 1 aromatic heterocycles. The third kappa shape index (κ3) is 4.86. The number of carbonyl (C=O) groups excluding carboxylic acids is 1. The van der Waals surface area contributed by atoms with Crippen LogP contribution in [0.1, 0.15) is 6.92 Å². The van der Waals surface area contributed by atoms with Crippen LogP contribution in [0.25, 0.3) is 11.4 Å². The van der Waals surface area contributed by atoms with E-state index in [-0.39, 0.29) is 12.5 Å². The summed E-state index contributed by atoms with van der Waals surface area (Å²) in [6, 6.07) is 17.0. The first-order chi connectivity index (χ1) is 13.5. The van der Waals surface area contributed by atoms with Crippen LogP contribution >= 0.6 is 23.8 Å². The van der Waals surface area contributed by atoms with E-state index in [1.165, 1.54) is 0 Å². The molecule has 3 aromatic rings. The van der Waals surface area contributed by atoms with Crippen LogP contribution in [-0.4, -0.2) is 38.7 Å². The van der Waals surface area contributed by atoms with Crippen molar-refractivity contribution in [3.8, 4) is 11.4 Å². The summed E-state index contributed by atoms with van der Waals surface area (Å²) in [6.45, 7) is 3.39. The van der Waals surface area contributed by atoms with Crippen molar-refractivity contribution >= 4 is 35.4 Å². The fourth-order valence-electron chi connectivity index (χ4n) is 2.88. The highest BCUT2D eigenvalue weighted by Gasteiger charge is 2.14. The minimum atomic E-state index is -0.116. The summed E-state index contributed by atoms with van der Waals surface area (Å²) >= 11 is 11.5. The maximum atomic E-state index is 12.3. The average molecular weight is 416 g/mol. The maximum absolute atomic E-state index is 12.3. The van der Waals surface area contributed by atoms with Crippen molar-refractivity contribution in [1.29, 1.82) is 0 Å². The second-order valence-electron chi connectivity index (χ2n) is 6.43. The van der Waals surface area contributed by atoms with Gasteiger partial charge >= 0.3 is 0 Å². The fraction of sp³-hybridized carbons (Fsp3) is 0.250. The number of nitrogens with one attached hydrogen (secondary N) is 1.